The van der Waals surface area contributed by atoms with Gasteiger partial charge in [-0.3, -0.25) is 4.79 Å². The van der Waals surface area contributed by atoms with Crippen LogP contribution in [0, 0.1) is 0 Å². The molecule has 1 fully saturated rings. The number of carboxylic acids is 1. The van der Waals surface area contributed by atoms with Crippen LogP contribution in [-0.2, 0) is 14.3 Å². The van der Waals surface area contributed by atoms with Crippen LogP contribution in [0.1, 0.15) is 24.4 Å². The van der Waals surface area contributed by atoms with Gasteiger partial charge in [-0.2, -0.15) is 0 Å². The molecule has 2 N–H and O–H groups in total. The maximum absolute atomic E-state index is 11.8. The molecule has 0 radical (unpaired) electrons. The minimum atomic E-state index is -1.08. The maximum atomic E-state index is 11.8. The van der Waals surface area contributed by atoms with Crippen LogP contribution < -0.4 is 5.32 Å². The van der Waals surface area contributed by atoms with Crippen LogP contribution in [0.2, 0.25) is 0 Å². The third-order valence-electron chi connectivity index (χ3n) is 2.89. The van der Waals surface area contributed by atoms with Gasteiger partial charge in [0.15, 0.2) is 6.04 Å². The molecule has 2 atom stereocenters. The molecule has 0 saturated carbocycles. The van der Waals surface area contributed by atoms with E-state index in [4.69, 9.17) is 9.84 Å². The Kier molecular flexibility index (Phi) is 3.94. The Labute approximate surface area is 105 Å². The summed E-state index contributed by atoms with van der Waals surface area (Å²) in [5.74, 6) is -1.43. The largest absolute Gasteiger partial charge is 0.479 e. The number of benzene rings is 1. The second-order valence-corrected chi connectivity index (χ2v) is 4.19. The number of hydrogen-bond acceptors (Lipinski definition) is 3. The first-order valence-electron chi connectivity index (χ1n) is 5.88. The van der Waals surface area contributed by atoms with Crippen molar-refractivity contribution in [2.75, 3.05) is 6.61 Å². The molecule has 0 spiro atoms. The Balaban J connectivity index is 2.07. The van der Waals surface area contributed by atoms with Gasteiger partial charge in [-0.15, -0.1) is 0 Å². The molecule has 5 nitrogen and oxygen atoms in total. The number of carboxylic acid groups (broad SMARTS) is 1. The Morgan fingerprint density at radius 1 is 1.33 bits per heavy atom. The van der Waals surface area contributed by atoms with Gasteiger partial charge in [0.05, 0.1) is 0 Å². The van der Waals surface area contributed by atoms with Crippen LogP contribution in [-0.4, -0.2) is 29.7 Å². The van der Waals surface area contributed by atoms with E-state index in [2.05, 4.69) is 5.32 Å². The van der Waals surface area contributed by atoms with E-state index in [1.165, 1.54) is 0 Å². The first-order chi connectivity index (χ1) is 8.68. The van der Waals surface area contributed by atoms with Crippen LogP contribution in [0.5, 0.6) is 0 Å². The number of carbonyl (C=O) groups is 2. The van der Waals surface area contributed by atoms with Gasteiger partial charge in [-0.05, 0) is 18.4 Å². The number of rotatable bonds is 4. The van der Waals surface area contributed by atoms with Crippen molar-refractivity contribution in [1.29, 1.82) is 0 Å². The lowest BCUT2D eigenvalue weighted by atomic mass is 10.1. The zero-order chi connectivity index (χ0) is 13.0. The van der Waals surface area contributed by atoms with Crippen LogP contribution >= 0.6 is 0 Å². The summed E-state index contributed by atoms with van der Waals surface area (Å²) in [7, 11) is 0. The minimum Gasteiger partial charge on any atom is -0.479 e. The van der Waals surface area contributed by atoms with E-state index in [0.717, 1.165) is 6.42 Å². The molecule has 1 aliphatic heterocycles. The van der Waals surface area contributed by atoms with Crippen LogP contribution in [0.4, 0.5) is 0 Å². The number of nitrogens with one attached hydrogen (secondary N) is 1. The van der Waals surface area contributed by atoms with Gasteiger partial charge in [0.2, 0.25) is 5.91 Å². The predicted molar refractivity (Wildman–Crippen MR) is 63.9 cm³/mol. The van der Waals surface area contributed by atoms with Crippen molar-refractivity contribution in [1.82, 2.24) is 5.32 Å². The summed E-state index contributed by atoms with van der Waals surface area (Å²) < 4.78 is 5.23. The first-order valence-corrected chi connectivity index (χ1v) is 5.88. The Bertz CT molecular complexity index is 426. The SMILES string of the molecule is O=C(N[C@@H](C(=O)O)c1ccccc1)[C@H]1CCCO1. The molecule has 96 valence electrons. The van der Waals surface area contributed by atoms with E-state index >= 15 is 0 Å². The highest BCUT2D eigenvalue weighted by molar-refractivity contribution is 5.87. The summed E-state index contributed by atoms with van der Waals surface area (Å²) >= 11 is 0. The molecular weight excluding hydrogens is 234 g/mol. The Hall–Kier alpha value is -1.88. The molecule has 1 aromatic carbocycles. The van der Waals surface area contributed by atoms with E-state index in [-0.39, 0.29) is 5.91 Å². The van der Waals surface area contributed by atoms with E-state index in [1.54, 1.807) is 30.3 Å². The molecule has 1 amide bonds. The average molecular weight is 249 g/mol. The lowest BCUT2D eigenvalue weighted by Crippen LogP contribution is -2.39. The fourth-order valence-corrected chi connectivity index (χ4v) is 1.95. The van der Waals surface area contributed by atoms with Crippen molar-refractivity contribution in [3.05, 3.63) is 35.9 Å². The van der Waals surface area contributed by atoms with Crippen molar-refractivity contribution in [3.63, 3.8) is 0 Å². The normalized spacial score (nSPS) is 20.3. The highest BCUT2D eigenvalue weighted by Crippen LogP contribution is 2.16. The van der Waals surface area contributed by atoms with Crippen LogP contribution in [0.15, 0.2) is 30.3 Å². The molecular formula is C13H15NO4. The second-order valence-electron chi connectivity index (χ2n) is 4.19. The molecule has 1 saturated heterocycles. The van der Waals surface area contributed by atoms with Crippen molar-refractivity contribution >= 4 is 11.9 Å². The quantitative estimate of drug-likeness (QED) is 0.838. The van der Waals surface area contributed by atoms with E-state index < -0.39 is 18.1 Å². The van der Waals surface area contributed by atoms with Crippen LogP contribution in [0.3, 0.4) is 0 Å². The molecule has 1 heterocycles. The van der Waals surface area contributed by atoms with E-state index in [9.17, 15) is 9.59 Å². The summed E-state index contributed by atoms with van der Waals surface area (Å²) in [4.78, 5) is 23.0. The van der Waals surface area contributed by atoms with Crippen molar-refractivity contribution in [2.24, 2.45) is 0 Å². The third-order valence-corrected chi connectivity index (χ3v) is 2.89. The molecule has 0 aromatic heterocycles. The highest BCUT2D eigenvalue weighted by atomic mass is 16.5. The molecule has 0 aliphatic carbocycles. The smallest absolute Gasteiger partial charge is 0.330 e. The standard InChI is InChI=1S/C13H15NO4/c15-12(10-7-4-8-18-10)14-11(13(16)17)9-5-2-1-3-6-9/h1-3,5-6,10-11H,4,7-8H2,(H,14,15)(H,16,17)/t10-,11-/m1/s1. The summed E-state index contributed by atoms with van der Waals surface area (Å²) in [6.45, 7) is 0.557. The fourth-order valence-electron chi connectivity index (χ4n) is 1.95. The van der Waals surface area contributed by atoms with Crippen molar-refractivity contribution in [2.45, 2.75) is 25.0 Å². The van der Waals surface area contributed by atoms with Gasteiger partial charge in [0, 0.05) is 6.61 Å². The predicted octanol–water partition coefficient (Wildman–Crippen LogP) is 1.11. The molecule has 2 rings (SSSR count). The number of aliphatic carboxylic acids is 1. The zero-order valence-corrected chi connectivity index (χ0v) is 9.83. The monoisotopic (exact) mass is 249 g/mol. The molecule has 0 unspecified atom stereocenters. The lowest BCUT2D eigenvalue weighted by Gasteiger charge is -2.17. The van der Waals surface area contributed by atoms with Gasteiger partial charge in [0.25, 0.3) is 0 Å². The fraction of sp³-hybridized carbons (Fsp3) is 0.385. The zero-order valence-electron chi connectivity index (χ0n) is 9.83. The topological polar surface area (TPSA) is 75.6 Å². The van der Waals surface area contributed by atoms with Gasteiger partial charge in [0.1, 0.15) is 6.10 Å². The molecule has 18 heavy (non-hydrogen) atoms. The van der Waals surface area contributed by atoms with Gasteiger partial charge in [-0.25, -0.2) is 4.79 Å². The summed E-state index contributed by atoms with van der Waals surface area (Å²) in [6.07, 6.45) is 0.962. The van der Waals surface area contributed by atoms with Gasteiger partial charge in [-0.1, -0.05) is 30.3 Å². The number of hydrogen-bond donors (Lipinski definition) is 2. The summed E-state index contributed by atoms with van der Waals surface area (Å²) in [5, 5.41) is 11.7. The number of carbonyl (C=O) groups excluding carboxylic acids is 1. The lowest BCUT2D eigenvalue weighted by molar-refractivity contribution is -0.143. The van der Waals surface area contributed by atoms with E-state index in [0.29, 0.717) is 18.6 Å². The third kappa shape index (κ3) is 2.87. The maximum Gasteiger partial charge on any atom is 0.330 e. The van der Waals surface area contributed by atoms with Gasteiger partial charge < -0.3 is 15.2 Å². The average Bonchev–Trinajstić information content (AvgIpc) is 2.90. The molecule has 1 aromatic rings. The second kappa shape index (κ2) is 5.64. The minimum absolute atomic E-state index is 0.358. The number of amides is 1. The Morgan fingerprint density at radius 2 is 2.06 bits per heavy atom. The Morgan fingerprint density at radius 3 is 2.61 bits per heavy atom. The summed E-state index contributed by atoms with van der Waals surface area (Å²) in [6, 6.07) is 7.60. The van der Waals surface area contributed by atoms with Crippen LogP contribution in [0.25, 0.3) is 0 Å². The summed E-state index contributed by atoms with van der Waals surface area (Å²) in [5.41, 5.74) is 0.552. The van der Waals surface area contributed by atoms with Crippen molar-refractivity contribution in [3.8, 4) is 0 Å². The van der Waals surface area contributed by atoms with E-state index in [1.807, 2.05) is 0 Å². The van der Waals surface area contributed by atoms with Crippen molar-refractivity contribution < 1.29 is 19.4 Å². The molecule has 1 aliphatic rings. The number of ether oxygens (including phenoxy) is 1. The highest BCUT2D eigenvalue weighted by Gasteiger charge is 2.28. The van der Waals surface area contributed by atoms with Gasteiger partial charge >= 0.3 is 5.97 Å². The molecule has 0 bridgehead atoms. The first kappa shape index (κ1) is 12.6. The molecule has 5 heteroatoms.